The van der Waals surface area contributed by atoms with E-state index in [0.717, 1.165) is 6.04 Å². The van der Waals surface area contributed by atoms with Gasteiger partial charge in [-0.15, -0.1) is 24.6 Å². The van der Waals surface area contributed by atoms with Crippen molar-refractivity contribution in [2.75, 3.05) is 0 Å². The Balaban J connectivity index is 3.76. The average Bonchev–Trinajstić information content (AvgIpc) is 1.67. The summed E-state index contributed by atoms with van der Waals surface area (Å²) in [6.45, 7) is 8.13. The van der Waals surface area contributed by atoms with E-state index >= 15 is 0 Å². The van der Waals surface area contributed by atoms with Gasteiger partial charge in [-0.25, -0.2) is 0 Å². The molecule has 0 atom stereocenters. The molecule has 0 amide bonds. The van der Waals surface area contributed by atoms with Crippen LogP contribution in [0.15, 0.2) is 12.3 Å². The van der Waals surface area contributed by atoms with Crippen LogP contribution in [0.2, 0.25) is 19.1 Å². The monoisotopic (exact) mass is 124 g/mol. The van der Waals surface area contributed by atoms with Gasteiger partial charge in [0.25, 0.3) is 0 Å². The minimum atomic E-state index is -1.15. The summed E-state index contributed by atoms with van der Waals surface area (Å²) in [6, 6.07) is 0.913. The molecule has 0 unspecified atom stereocenters. The Bertz CT molecular complexity index is 117. The second kappa shape index (κ2) is 2.73. The number of hydrogen-bond acceptors (Lipinski definition) is 0. The van der Waals surface area contributed by atoms with Gasteiger partial charge in [0.15, 0.2) is 0 Å². The third-order valence-electron chi connectivity index (χ3n) is 1.11. The first kappa shape index (κ1) is 7.52. The zero-order valence-electron chi connectivity index (χ0n) is 5.57. The maximum absolute atomic E-state index is 5.13. The van der Waals surface area contributed by atoms with Crippen molar-refractivity contribution in [1.82, 2.24) is 0 Å². The molecule has 0 aromatic carbocycles. The normalized spacial score (nSPS) is 10.1. The van der Waals surface area contributed by atoms with E-state index in [1.807, 2.05) is 5.70 Å². The Kier molecular flexibility index (Phi) is 2.57. The van der Waals surface area contributed by atoms with Crippen LogP contribution in [-0.2, 0) is 0 Å². The maximum atomic E-state index is 5.13. The predicted octanol–water partition coefficient (Wildman–Crippen LogP) is 2.05. The second-order valence-corrected chi connectivity index (χ2v) is 7.31. The van der Waals surface area contributed by atoms with Crippen LogP contribution < -0.4 is 0 Å². The Hall–Kier alpha value is -0.483. The van der Waals surface area contributed by atoms with Crippen molar-refractivity contribution in [3.63, 3.8) is 0 Å². The summed E-state index contributed by atoms with van der Waals surface area (Å²) in [5.41, 5.74) is 2.02. The van der Waals surface area contributed by atoms with Crippen LogP contribution in [-0.4, -0.2) is 8.07 Å². The van der Waals surface area contributed by atoms with Gasteiger partial charge in [-0.2, -0.15) is 0 Å². The van der Waals surface area contributed by atoms with Crippen molar-refractivity contribution in [1.29, 1.82) is 0 Å². The first-order chi connectivity index (χ1) is 3.62. The van der Waals surface area contributed by atoms with Crippen LogP contribution >= 0.6 is 0 Å². The molecular weight excluding hydrogens is 112 g/mol. The molecule has 0 nitrogen and oxygen atoms in total. The van der Waals surface area contributed by atoms with Gasteiger partial charge in [0.1, 0.15) is 0 Å². The molecule has 0 aliphatic heterocycles. The fourth-order valence-corrected chi connectivity index (χ4v) is 1.01. The van der Waals surface area contributed by atoms with Crippen LogP contribution in [0.25, 0.3) is 0 Å². The number of terminal acetylenes is 1. The molecule has 0 heterocycles. The third-order valence-corrected chi connectivity index (χ3v) is 3.33. The van der Waals surface area contributed by atoms with Gasteiger partial charge in [0.2, 0.25) is 0 Å². The van der Waals surface area contributed by atoms with Crippen molar-refractivity contribution >= 4 is 8.07 Å². The highest BCUT2D eigenvalue weighted by molar-refractivity contribution is 6.82. The molecule has 1 heteroatoms. The minimum Gasteiger partial charge on any atom is -0.120 e. The standard InChI is InChI=1S/C7H12Si/c1-5-7-8(3,4)6-2/h1,6H,2,7H2,3-4H3. The molecule has 0 aliphatic rings. The minimum absolute atomic E-state index is 0.913. The molecule has 8 heavy (non-hydrogen) atoms. The zero-order valence-corrected chi connectivity index (χ0v) is 6.57. The second-order valence-electron chi connectivity index (χ2n) is 2.57. The highest BCUT2D eigenvalue weighted by Crippen LogP contribution is 2.07. The largest absolute Gasteiger partial charge is 0.120 e. The fraction of sp³-hybridized carbons (Fsp3) is 0.429. The van der Waals surface area contributed by atoms with E-state index in [4.69, 9.17) is 6.42 Å². The molecule has 0 rings (SSSR count). The topological polar surface area (TPSA) is 0 Å². The molecular formula is C7H12Si. The van der Waals surface area contributed by atoms with E-state index in [1.54, 1.807) is 0 Å². The quantitative estimate of drug-likeness (QED) is 0.390. The first-order valence-corrected chi connectivity index (χ1v) is 5.98. The molecule has 0 N–H and O–H groups in total. The molecule has 0 aromatic heterocycles. The summed E-state index contributed by atoms with van der Waals surface area (Å²) in [5.74, 6) is 2.65. The lowest BCUT2D eigenvalue weighted by Crippen LogP contribution is -2.20. The SMILES string of the molecule is C#CC[Si](C)(C)C=C. The van der Waals surface area contributed by atoms with Gasteiger partial charge < -0.3 is 0 Å². The fourth-order valence-electron chi connectivity index (χ4n) is 0.335. The van der Waals surface area contributed by atoms with Gasteiger partial charge in [-0.05, 0) is 0 Å². The molecule has 0 radical (unpaired) electrons. The zero-order chi connectivity index (χ0) is 6.62. The molecule has 0 fully saturated rings. The summed E-state index contributed by atoms with van der Waals surface area (Å²) in [7, 11) is -1.15. The van der Waals surface area contributed by atoms with Crippen LogP contribution in [0.5, 0.6) is 0 Å². The lowest BCUT2D eigenvalue weighted by atomic mass is 10.8. The molecule has 0 saturated carbocycles. The molecule has 44 valence electrons. The van der Waals surface area contributed by atoms with Crippen LogP contribution in [0, 0.1) is 12.3 Å². The van der Waals surface area contributed by atoms with Crippen molar-refractivity contribution < 1.29 is 0 Å². The Morgan fingerprint density at radius 2 is 2.25 bits per heavy atom. The van der Waals surface area contributed by atoms with Gasteiger partial charge in [-0.3, -0.25) is 0 Å². The predicted molar refractivity (Wildman–Crippen MR) is 41.3 cm³/mol. The van der Waals surface area contributed by atoms with Crippen LogP contribution in [0.1, 0.15) is 0 Å². The van der Waals surface area contributed by atoms with Crippen molar-refractivity contribution in [3.8, 4) is 12.3 Å². The molecule has 0 bridgehead atoms. The van der Waals surface area contributed by atoms with E-state index in [9.17, 15) is 0 Å². The summed E-state index contributed by atoms with van der Waals surface area (Å²) < 4.78 is 0. The van der Waals surface area contributed by atoms with Crippen LogP contribution in [0.3, 0.4) is 0 Å². The van der Waals surface area contributed by atoms with Crippen LogP contribution in [0.4, 0.5) is 0 Å². The molecule has 0 aromatic rings. The summed E-state index contributed by atoms with van der Waals surface area (Å²) in [5, 5.41) is 0. The molecule has 0 aliphatic carbocycles. The van der Waals surface area contributed by atoms with E-state index in [0.29, 0.717) is 0 Å². The smallest absolute Gasteiger partial charge is 0.0831 e. The van der Waals surface area contributed by atoms with Gasteiger partial charge in [0.05, 0.1) is 8.07 Å². The lowest BCUT2D eigenvalue weighted by Gasteiger charge is -2.10. The molecule has 0 saturated heterocycles. The van der Waals surface area contributed by atoms with Gasteiger partial charge >= 0.3 is 0 Å². The summed E-state index contributed by atoms with van der Waals surface area (Å²) in [6.07, 6.45) is 5.13. The van der Waals surface area contributed by atoms with Crippen molar-refractivity contribution in [2.45, 2.75) is 19.1 Å². The highest BCUT2D eigenvalue weighted by atomic mass is 28.3. The Morgan fingerprint density at radius 3 is 2.38 bits per heavy atom. The lowest BCUT2D eigenvalue weighted by molar-refractivity contribution is 1.62. The Morgan fingerprint density at radius 1 is 1.75 bits per heavy atom. The Labute approximate surface area is 52.6 Å². The average molecular weight is 124 g/mol. The number of rotatable bonds is 2. The van der Waals surface area contributed by atoms with Crippen molar-refractivity contribution in [3.05, 3.63) is 12.3 Å². The van der Waals surface area contributed by atoms with Gasteiger partial charge in [-0.1, -0.05) is 13.1 Å². The van der Waals surface area contributed by atoms with Gasteiger partial charge in [0, 0.05) is 6.04 Å². The highest BCUT2D eigenvalue weighted by Gasteiger charge is 2.12. The third kappa shape index (κ3) is 2.65. The van der Waals surface area contributed by atoms with E-state index in [-0.39, 0.29) is 0 Å². The first-order valence-electron chi connectivity index (χ1n) is 2.69. The summed E-state index contributed by atoms with van der Waals surface area (Å²) >= 11 is 0. The maximum Gasteiger partial charge on any atom is 0.0831 e. The summed E-state index contributed by atoms with van der Waals surface area (Å²) in [4.78, 5) is 0. The molecule has 0 spiro atoms. The van der Waals surface area contributed by atoms with E-state index in [2.05, 4.69) is 25.6 Å². The van der Waals surface area contributed by atoms with E-state index < -0.39 is 8.07 Å². The van der Waals surface area contributed by atoms with E-state index in [1.165, 1.54) is 0 Å². The van der Waals surface area contributed by atoms with Crippen molar-refractivity contribution in [2.24, 2.45) is 0 Å². The number of hydrogen-bond donors (Lipinski definition) is 0.